The van der Waals surface area contributed by atoms with E-state index in [2.05, 4.69) is 20.3 Å². The molecule has 0 aliphatic carbocycles. The number of nitrogens with two attached hydrogens (primary N) is 1. The molecule has 3 N–H and O–H groups in total. The summed E-state index contributed by atoms with van der Waals surface area (Å²) in [5.74, 6) is 0.442. The lowest BCUT2D eigenvalue weighted by molar-refractivity contribution is 0.614. The first-order valence-corrected chi connectivity index (χ1v) is 6.49. The van der Waals surface area contributed by atoms with Gasteiger partial charge in [-0.25, -0.2) is 14.4 Å². The van der Waals surface area contributed by atoms with E-state index in [4.69, 9.17) is 5.73 Å². The maximum atomic E-state index is 14.1. The van der Waals surface area contributed by atoms with Crippen molar-refractivity contribution >= 4 is 36.0 Å². The van der Waals surface area contributed by atoms with Crippen molar-refractivity contribution in [1.82, 2.24) is 15.0 Å². The third-order valence-electron chi connectivity index (χ3n) is 3.14. The third kappa shape index (κ3) is 2.76. The second kappa shape index (κ2) is 5.36. The van der Waals surface area contributed by atoms with Crippen LogP contribution in [-0.4, -0.2) is 22.8 Å². The Labute approximate surface area is 121 Å². The van der Waals surface area contributed by atoms with Gasteiger partial charge < -0.3 is 11.1 Å². The molecule has 0 radical (unpaired) electrons. The zero-order chi connectivity index (χ0) is 14.8. The van der Waals surface area contributed by atoms with Crippen LogP contribution in [0.15, 0.2) is 36.7 Å². The molecule has 2 aromatic heterocycles. The molecular weight excluding hydrogens is 268 g/mol. The Hall–Kier alpha value is -2.70. The number of anilines is 2. The quantitative estimate of drug-likeness (QED) is 0.688. The first kappa shape index (κ1) is 13.3. The van der Waals surface area contributed by atoms with Crippen molar-refractivity contribution in [2.45, 2.75) is 6.54 Å². The summed E-state index contributed by atoms with van der Waals surface area (Å²) in [6.07, 6.45) is 3.23. The van der Waals surface area contributed by atoms with E-state index in [0.717, 1.165) is 11.0 Å². The van der Waals surface area contributed by atoms with Gasteiger partial charge in [0.15, 0.2) is 19.5 Å². The lowest BCUT2D eigenvalue weighted by atomic mass is 10.1. The molecule has 0 aliphatic heterocycles. The molecule has 3 aromatic rings. The molecule has 0 atom stereocenters. The molecule has 0 saturated heterocycles. The summed E-state index contributed by atoms with van der Waals surface area (Å²) in [7, 11) is 1.82. The van der Waals surface area contributed by atoms with E-state index >= 15 is 0 Å². The van der Waals surface area contributed by atoms with E-state index in [9.17, 15) is 4.39 Å². The Morgan fingerprint density at radius 3 is 3.00 bits per heavy atom. The van der Waals surface area contributed by atoms with Crippen LogP contribution in [0.1, 0.15) is 5.56 Å². The molecule has 3 rings (SSSR count). The van der Waals surface area contributed by atoms with Crippen LogP contribution in [0.5, 0.6) is 0 Å². The van der Waals surface area contributed by atoms with E-state index in [1.165, 1.54) is 6.07 Å². The first-order valence-electron chi connectivity index (χ1n) is 6.49. The van der Waals surface area contributed by atoms with Crippen molar-refractivity contribution in [2.24, 2.45) is 0 Å². The Kier molecular flexibility index (Phi) is 3.39. The number of nitrogens with one attached hydrogen (secondary N) is 1. The maximum absolute atomic E-state index is 14.1. The zero-order valence-electron chi connectivity index (χ0n) is 11.5. The van der Waals surface area contributed by atoms with Crippen LogP contribution in [0.4, 0.5) is 16.0 Å². The predicted octanol–water partition coefficient (Wildman–Crippen LogP) is 0.617. The van der Waals surface area contributed by atoms with Gasteiger partial charge >= 0.3 is 0 Å². The first-order chi connectivity index (χ1) is 10.1. The number of aromatic nitrogens is 3. The summed E-state index contributed by atoms with van der Waals surface area (Å²) >= 11 is 0. The second-order valence-electron chi connectivity index (χ2n) is 4.74. The van der Waals surface area contributed by atoms with Crippen molar-refractivity contribution in [3.63, 3.8) is 0 Å². The number of halogens is 1. The molecule has 1 aromatic carbocycles. The number of hydrogen-bond acceptors (Lipinski definition) is 5. The Morgan fingerprint density at radius 1 is 1.29 bits per heavy atom. The fourth-order valence-corrected chi connectivity index (χ4v) is 2.07. The molecule has 0 amide bonds. The van der Waals surface area contributed by atoms with Gasteiger partial charge in [0, 0.05) is 41.5 Å². The number of hydrogen-bond donors (Lipinski definition) is 2. The third-order valence-corrected chi connectivity index (χ3v) is 3.14. The fourth-order valence-electron chi connectivity index (χ4n) is 2.07. The van der Waals surface area contributed by atoms with Crippen molar-refractivity contribution in [1.29, 1.82) is 0 Å². The summed E-state index contributed by atoms with van der Waals surface area (Å²) in [4.78, 5) is 12.4. The van der Waals surface area contributed by atoms with Crippen LogP contribution in [0.2, 0.25) is 0 Å². The fraction of sp³-hybridized carbons (Fsp3) is 0.0714. The van der Waals surface area contributed by atoms with Crippen LogP contribution in [0.25, 0.3) is 10.9 Å². The summed E-state index contributed by atoms with van der Waals surface area (Å²) < 4.78 is 14.1. The molecule has 0 aliphatic rings. The van der Waals surface area contributed by atoms with Crippen molar-refractivity contribution < 1.29 is 4.39 Å². The molecule has 104 valence electrons. The standard InChI is InChI=1S/C14H13BFN5/c15-12-7-19-13(17)14(21-12)20-6-9-4-8-2-1-3-18-11(8)5-10(9)16/h1-5,7H,6,15H2,(H2,17,19)(H,20,21). The van der Waals surface area contributed by atoms with Gasteiger partial charge in [-0.1, -0.05) is 6.07 Å². The minimum absolute atomic E-state index is 0.277. The molecular formula is C14H13BFN5. The predicted molar refractivity (Wildman–Crippen MR) is 83.7 cm³/mol. The molecule has 0 spiro atoms. The van der Waals surface area contributed by atoms with Crippen LogP contribution in [0, 0.1) is 5.82 Å². The van der Waals surface area contributed by atoms with Crippen molar-refractivity contribution in [3.8, 4) is 0 Å². The summed E-state index contributed by atoms with van der Waals surface area (Å²) in [6, 6.07) is 6.91. The zero-order valence-corrected chi connectivity index (χ0v) is 11.5. The van der Waals surface area contributed by atoms with Gasteiger partial charge in [0.05, 0.1) is 5.52 Å². The SMILES string of the molecule is Bc1cnc(N)c(NCc2cc3cccnc3cc2F)n1. The lowest BCUT2D eigenvalue weighted by Gasteiger charge is -2.10. The highest BCUT2D eigenvalue weighted by molar-refractivity contribution is 6.30. The molecule has 0 saturated carbocycles. The van der Waals surface area contributed by atoms with Crippen molar-refractivity contribution in [2.75, 3.05) is 11.1 Å². The highest BCUT2D eigenvalue weighted by atomic mass is 19.1. The van der Waals surface area contributed by atoms with Crippen LogP contribution < -0.4 is 16.6 Å². The minimum atomic E-state index is -0.312. The molecule has 21 heavy (non-hydrogen) atoms. The molecule has 2 heterocycles. The Morgan fingerprint density at radius 2 is 2.14 bits per heavy atom. The highest BCUT2D eigenvalue weighted by Gasteiger charge is 2.07. The van der Waals surface area contributed by atoms with Gasteiger partial charge in [0.25, 0.3) is 0 Å². The average Bonchev–Trinajstić information content (AvgIpc) is 2.48. The number of benzene rings is 1. The van der Waals surface area contributed by atoms with Gasteiger partial charge in [0.2, 0.25) is 0 Å². The lowest BCUT2D eigenvalue weighted by Crippen LogP contribution is -2.15. The summed E-state index contributed by atoms with van der Waals surface area (Å²) in [5.41, 5.74) is 7.65. The van der Waals surface area contributed by atoms with Crippen LogP contribution in [-0.2, 0) is 6.54 Å². The largest absolute Gasteiger partial charge is 0.381 e. The molecule has 5 nitrogen and oxygen atoms in total. The second-order valence-corrected chi connectivity index (χ2v) is 4.74. The van der Waals surface area contributed by atoms with Crippen LogP contribution >= 0.6 is 0 Å². The van der Waals surface area contributed by atoms with E-state index in [-0.39, 0.29) is 12.4 Å². The number of nitrogen functional groups attached to an aromatic ring is 1. The number of fused-ring (bicyclic) bond motifs is 1. The van der Waals surface area contributed by atoms with E-state index in [1.807, 2.05) is 20.0 Å². The van der Waals surface area contributed by atoms with E-state index in [1.54, 1.807) is 18.5 Å². The molecule has 7 heteroatoms. The van der Waals surface area contributed by atoms with E-state index < -0.39 is 0 Å². The monoisotopic (exact) mass is 281 g/mol. The maximum Gasteiger partial charge on any atom is 0.168 e. The smallest absolute Gasteiger partial charge is 0.168 e. The normalized spacial score (nSPS) is 10.7. The summed E-state index contributed by atoms with van der Waals surface area (Å²) in [6.45, 7) is 0.277. The van der Waals surface area contributed by atoms with Gasteiger partial charge in [-0.2, -0.15) is 0 Å². The number of pyridine rings is 1. The van der Waals surface area contributed by atoms with Crippen LogP contribution in [0.3, 0.4) is 0 Å². The van der Waals surface area contributed by atoms with Gasteiger partial charge in [-0.15, -0.1) is 0 Å². The van der Waals surface area contributed by atoms with Gasteiger partial charge in [0.1, 0.15) is 5.82 Å². The van der Waals surface area contributed by atoms with Gasteiger partial charge in [-0.3, -0.25) is 4.98 Å². The molecule has 0 fully saturated rings. The highest BCUT2D eigenvalue weighted by Crippen LogP contribution is 2.19. The topological polar surface area (TPSA) is 76.7 Å². The van der Waals surface area contributed by atoms with Gasteiger partial charge in [-0.05, 0) is 12.1 Å². The number of nitrogens with zero attached hydrogens (tertiary/aromatic N) is 3. The number of rotatable bonds is 3. The average molecular weight is 281 g/mol. The minimum Gasteiger partial charge on any atom is -0.381 e. The Balaban J connectivity index is 1.88. The molecule has 0 bridgehead atoms. The van der Waals surface area contributed by atoms with E-state index in [0.29, 0.717) is 22.7 Å². The summed E-state index contributed by atoms with van der Waals surface area (Å²) in [5, 5.41) is 3.90. The Bertz CT molecular complexity index is 808. The van der Waals surface area contributed by atoms with Crippen molar-refractivity contribution in [3.05, 3.63) is 48.0 Å². The molecule has 0 unspecified atom stereocenters.